The molecular formula is C19H16ClN3OS. The summed E-state index contributed by atoms with van der Waals surface area (Å²) in [5.41, 5.74) is 4.36. The summed E-state index contributed by atoms with van der Waals surface area (Å²) in [5.74, 6) is 0.443. The molecule has 6 heteroatoms. The van der Waals surface area contributed by atoms with Crippen LogP contribution >= 0.6 is 23.4 Å². The number of aromatic nitrogens is 3. The number of fused-ring (bicyclic) bond motifs is 1. The SMILES string of the molecule is O=C(CSc1nncn1-c1cccc(Cl)c1)c1ccc2c(c1)CCC2. The van der Waals surface area contributed by atoms with Crippen LogP contribution in [0.4, 0.5) is 0 Å². The molecule has 0 unspecified atom stereocenters. The summed E-state index contributed by atoms with van der Waals surface area (Å²) in [6.45, 7) is 0. The summed E-state index contributed by atoms with van der Waals surface area (Å²) >= 11 is 7.44. The van der Waals surface area contributed by atoms with E-state index in [4.69, 9.17) is 11.6 Å². The van der Waals surface area contributed by atoms with Gasteiger partial charge in [0.15, 0.2) is 10.9 Å². The minimum atomic E-state index is 0.111. The summed E-state index contributed by atoms with van der Waals surface area (Å²) in [6.07, 6.45) is 5.02. The highest BCUT2D eigenvalue weighted by Crippen LogP contribution is 2.25. The minimum Gasteiger partial charge on any atom is -0.293 e. The van der Waals surface area contributed by atoms with E-state index in [9.17, 15) is 4.79 Å². The first-order valence-corrected chi connectivity index (χ1v) is 9.51. The lowest BCUT2D eigenvalue weighted by molar-refractivity contribution is 0.102. The summed E-state index contributed by atoms with van der Waals surface area (Å²) < 4.78 is 1.84. The highest BCUT2D eigenvalue weighted by Gasteiger charge is 2.15. The maximum absolute atomic E-state index is 12.5. The van der Waals surface area contributed by atoms with Crippen molar-refractivity contribution in [2.75, 3.05) is 5.75 Å². The Balaban J connectivity index is 1.49. The van der Waals surface area contributed by atoms with Crippen molar-refractivity contribution in [2.45, 2.75) is 24.4 Å². The van der Waals surface area contributed by atoms with Crippen LogP contribution in [0.3, 0.4) is 0 Å². The fourth-order valence-electron chi connectivity index (χ4n) is 3.08. The Kier molecular flexibility index (Phi) is 4.59. The van der Waals surface area contributed by atoms with E-state index in [1.165, 1.54) is 29.3 Å². The van der Waals surface area contributed by atoms with Crippen molar-refractivity contribution < 1.29 is 4.79 Å². The molecule has 126 valence electrons. The normalized spacial score (nSPS) is 13.0. The average Bonchev–Trinajstić information content (AvgIpc) is 3.28. The number of carbonyl (C=O) groups is 1. The van der Waals surface area contributed by atoms with Gasteiger partial charge in [0.05, 0.1) is 11.4 Å². The van der Waals surface area contributed by atoms with Gasteiger partial charge in [-0.3, -0.25) is 9.36 Å². The Morgan fingerprint density at radius 1 is 1.16 bits per heavy atom. The van der Waals surface area contributed by atoms with Crippen molar-refractivity contribution in [3.63, 3.8) is 0 Å². The highest BCUT2D eigenvalue weighted by molar-refractivity contribution is 7.99. The molecule has 0 aliphatic heterocycles. The van der Waals surface area contributed by atoms with Crippen molar-refractivity contribution in [3.05, 3.63) is 70.5 Å². The van der Waals surface area contributed by atoms with Crippen LogP contribution < -0.4 is 0 Å². The maximum atomic E-state index is 12.5. The monoisotopic (exact) mass is 369 g/mol. The van der Waals surface area contributed by atoms with Crippen molar-refractivity contribution >= 4 is 29.1 Å². The van der Waals surface area contributed by atoms with Crippen LogP contribution in [0.2, 0.25) is 5.02 Å². The zero-order valence-electron chi connectivity index (χ0n) is 13.5. The third-order valence-corrected chi connectivity index (χ3v) is 5.53. The van der Waals surface area contributed by atoms with Gasteiger partial charge in [-0.15, -0.1) is 10.2 Å². The van der Waals surface area contributed by atoms with E-state index < -0.39 is 0 Å². The van der Waals surface area contributed by atoms with Crippen LogP contribution in [0.1, 0.15) is 27.9 Å². The maximum Gasteiger partial charge on any atom is 0.196 e. The fourth-order valence-corrected chi connectivity index (χ4v) is 4.09. The molecule has 0 amide bonds. The zero-order chi connectivity index (χ0) is 17.2. The lowest BCUT2D eigenvalue weighted by Gasteiger charge is -2.07. The van der Waals surface area contributed by atoms with E-state index in [0.717, 1.165) is 24.1 Å². The summed E-state index contributed by atoms with van der Waals surface area (Å²) in [4.78, 5) is 12.5. The molecule has 0 saturated carbocycles. The third-order valence-electron chi connectivity index (χ3n) is 4.36. The second-order valence-corrected chi connectivity index (χ2v) is 7.39. The van der Waals surface area contributed by atoms with Crippen LogP contribution in [0.15, 0.2) is 53.9 Å². The molecule has 0 fully saturated rings. The lowest BCUT2D eigenvalue weighted by atomic mass is 10.0. The molecule has 2 aromatic carbocycles. The zero-order valence-corrected chi connectivity index (χ0v) is 15.1. The van der Waals surface area contributed by atoms with Crippen LogP contribution in [0, 0.1) is 0 Å². The van der Waals surface area contributed by atoms with E-state index >= 15 is 0 Å². The lowest BCUT2D eigenvalue weighted by Crippen LogP contribution is -2.05. The molecule has 0 N–H and O–H groups in total. The smallest absolute Gasteiger partial charge is 0.196 e. The number of thioether (sulfide) groups is 1. The van der Waals surface area contributed by atoms with Gasteiger partial charge in [-0.25, -0.2) is 0 Å². The quantitative estimate of drug-likeness (QED) is 0.494. The van der Waals surface area contributed by atoms with E-state index in [2.05, 4.69) is 16.3 Å². The standard InChI is InChI=1S/C19H16ClN3OS/c20-16-5-2-6-17(10-16)23-12-21-22-19(23)25-11-18(24)15-8-7-13-3-1-4-14(13)9-15/h2,5-10,12H,1,3-4,11H2. The molecule has 1 aliphatic carbocycles. The summed E-state index contributed by atoms with van der Waals surface area (Å²) in [6, 6.07) is 13.6. The van der Waals surface area contributed by atoms with Gasteiger partial charge in [-0.05, 0) is 54.7 Å². The van der Waals surface area contributed by atoms with Crippen molar-refractivity contribution in [1.29, 1.82) is 0 Å². The summed E-state index contributed by atoms with van der Waals surface area (Å²) in [5, 5.41) is 9.42. The van der Waals surface area contributed by atoms with Crippen LogP contribution in [0.25, 0.3) is 5.69 Å². The Morgan fingerprint density at radius 2 is 2.04 bits per heavy atom. The Hall–Kier alpha value is -2.11. The largest absolute Gasteiger partial charge is 0.293 e. The van der Waals surface area contributed by atoms with Crippen LogP contribution in [-0.4, -0.2) is 26.3 Å². The number of hydrogen-bond acceptors (Lipinski definition) is 4. The van der Waals surface area contributed by atoms with Gasteiger partial charge in [0.1, 0.15) is 6.33 Å². The molecule has 3 aromatic rings. The second-order valence-electron chi connectivity index (χ2n) is 6.01. The molecule has 0 atom stereocenters. The molecule has 0 bridgehead atoms. The minimum absolute atomic E-state index is 0.111. The molecule has 0 radical (unpaired) electrons. The molecule has 4 nitrogen and oxygen atoms in total. The molecular weight excluding hydrogens is 354 g/mol. The van der Waals surface area contributed by atoms with Gasteiger partial charge in [0.2, 0.25) is 0 Å². The first-order chi connectivity index (χ1) is 12.2. The Bertz CT molecular complexity index is 938. The molecule has 1 aromatic heterocycles. The summed E-state index contributed by atoms with van der Waals surface area (Å²) in [7, 11) is 0. The predicted molar refractivity (Wildman–Crippen MR) is 99.9 cm³/mol. The van der Waals surface area contributed by atoms with E-state index in [-0.39, 0.29) is 5.78 Å². The fraction of sp³-hybridized carbons (Fsp3) is 0.211. The second kappa shape index (κ2) is 7.02. The van der Waals surface area contributed by atoms with Gasteiger partial charge in [-0.2, -0.15) is 0 Å². The van der Waals surface area contributed by atoms with E-state index in [1.54, 1.807) is 6.33 Å². The topological polar surface area (TPSA) is 47.8 Å². The number of carbonyl (C=O) groups excluding carboxylic acids is 1. The van der Waals surface area contributed by atoms with Crippen molar-refractivity contribution in [1.82, 2.24) is 14.8 Å². The molecule has 1 aliphatic rings. The molecule has 0 saturated heterocycles. The first kappa shape index (κ1) is 16.4. The van der Waals surface area contributed by atoms with Crippen molar-refractivity contribution in [3.8, 4) is 5.69 Å². The molecule has 4 rings (SSSR count). The van der Waals surface area contributed by atoms with Gasteiger partial charge in [0, 0.05) is 10.6 Å². The molecule has 25 heavy (non-hydrogen) atoms. The number of benzene rings is 2. The van der Waals surface area contributed by atoms with E-state index in [0.29, 0.717) is 15.9 Å². The Labute approximate surface area is 155 Å². The number of ketones is 1. The number of Topliss-reactive ketones (excluding diaryl/α,β-unsaturated/α-hetero) is 1. The van der Waals surface area contributed by atoms with Crippen LogP contribution in [-0.2, 0) is 12.8 Å². The molecule has 1 heterocycles. The van der Waals surface area contributed by atoms with Crippen molar-refractivity contribution in [2.24, 2.45) is 0 Å². The number of rotatable bonds is 5. The number of halogens is 1. The predicted octanol–water partition coefficient (Wildman–Crippen LogP) is 4.38. The highest BCUT2D eigenvalue weighted by atomic mass is 35.5. The van der Waals surface area contributed by atoms with Gasteiger partial charge >= 0.3 is 0 Å². The van der Waals surface area contributed by atoms with Crippen LogP contribution in [0.5, 0.6) is 0 Å². The van der Waals surface area contributed by atoms with Gasteiger partial charge in [-0.1, -0.05) is 41.6 Å². The molecule has 0 spiro atoms. The third kappa shape index (κ3) is 3.48. The first-order valence-electron chi connectivity index (χ1n) is 8.14. The number of nitrogens with zero attached hydrogens (tertiary/aromatic N) is 3. The van der Waals surface area contributed by atoms with Gasteiger partial charge in [0.25, 0.3) is 0 Å². The van der Waals surface area contributed by atoms with E-state index in [1.807, 2.05) is 41.0 Å². The number of aryl methyl sites for hydroxylation is 2. The average molecular weight is 370 g/mol. The Morgan fingerprint density at radius 3 is 2.92 bits per heavy atom. The number of hydrogen-bond donors (Lipinski definition) is 0. The van der Waals surface area contributed by atoms with Gasteiger partial charge < -0.3 is 0 Å².